The van der Waals surface area contributed by atoms with Crippen molar-refractivity contribution in [2.24, 2.45) is 0 Å². The first kappa shape index (κ1) is 15.6. The van der Waals surface area contributed by atoms with E-state index in [1.807, 2.05) is 24.3 Å². The summed E-state index contributed by atoms with van der Waals surface area (Å²) in [6.07, 6.45) is 9.18. The molecule has 0 bridgehead atoms. The van der Waals surface area contributed by atoms with Crippen molar-refractivity contribution in [2.75, 3.05) is 13.2 Å². The molecule has 3 heteroatoms. The van der Waals surface area contributed by atoms with Crippen LogP contribution in [-0.2, 0) is 11.2 Å². The highest BCUT2D eigenvalue weighted by atomic mass is 16.5. The summed E-state index contributed by atoms with van der Waals surface area (Å²) in [7, 11) is 0. The summed E-state index contributed by atoms with van der Waals surface area (Å²) in [6.45, 7) is 2.89. The summed E-state index contributed by atoms with van der Waals surface area (Å²) in [5, 5.41) is 2.93. The van der Waals surface area contributed by atoms with E-state index in [2.05, 4.69) is 18.3 Å². The van der Waals surface area contributed by atoms with Gasteiger partial charge in [0, 0.05) is 6.54 Å². The van der Waals surface area contributed by atoms with Gasteiger partial charge in [0.1, 0.15) is 5.75 Å². The Morgan fingerprint density at radius 3 is 2.90 bits per heavy atom. The van der Waals surface area contributed by atoms with Gasteiger partial charge in [-0.3, -0.25) is 4.79 Å². The van der Waals surface area contributed by atoms with Crippen LogP contribution in [0.2, 0.25) is 0 Å². The summed E-state index contributed by atoms with van der Waals surface area (Å²) in [5.41, 5.74) is 2.62. The molecule has 1 aliphatic rings. The molecule has 0 atom stereocenters. The molecule has 1 amide bonds. The Bertz CT molecular complexity index is 494. The number of benzene rings is 1. The van der Waals surface area contributed by atoms with E-state index in [0.29, 0.717) is 6.54 Å². The largest absolute Gasteiger partial charge is 0.483 e. The van der Waals surface area contributed by atoms with E-state index in [1.54, 1.807) is 0 Å². The van der Waals surface area contributed by atoms with Crippen molar-refractivity contribution < 1.29 is 9.53 Å². The topological polar surface area (TPSA) is 38.3 Å². The monoisotopic (exact) mass is 287 g/mol. The molecule has 1 N–H and O–H groups in total. The predicted molar refractivity (Wildman–Crippen MR) is 85.5 cm³/mol. The lowest BCUT2D eigenvalue weighted by molar-refractivity contribution is -0.123. The van der Waals surface area contributed by atoms with Gasteiger partial charge in [-0.15, -0.1) is 0 Å². The lowest BCUT2D eigenvalue weighted by Gasteiger charge is -2.13. The number of aryl methyl sites for hydroxylation is 1. The van der Waals surface area contributed by atoms with Crippen LogP contribution in [0.3, 0.4) is 0 Å². The van der Waals surface area contributed by atoms with Crippen LogP contribution in [0.15, 0.2) is 35.9 Å². The number of nitrogens with one attached hydrogen (secondary N) is 1. The van der Waals surface area contributed by atoms with Crippen molar-refractivity contribution in [1.29, 1.82) is 0 Å². The molecule has 0 heterocycles. The summed E-state index contributed by atoms with van der Waals surface area (Å²) in [6, 6.07) is 7.87. The second-order valence-electron chi connectivity index (χ2n) is 5.46. The Hall–Kier alpha value is -1.77. The fraction of sp³-hybridized carbons (Fsp3) is 0.500. The molecule has 0 aromatic heterocycles. The highest BCUT2D eigenvalue weighted by Crippen LogP contribution is 2.19. The molecule has 3 nitrogen and oxygen atoms in total. The van der Waals surface area contributed by atoms with Crippen molar-refractivity contribution in [3.05, 3.63) is 41.5 Å². The molecule has 0 saturated heterocycles. The van der Waals surface area contributed by atoms with E-state index in [9.17, 15) is 4.79 Å². The van der Waals surface area contributed by atoms with Crippen LogP contribution in [0.1, 0.15) is 44.6 Å². The molecule has 114 valence electrons. The average molecular weight is 287 g/mol. The SMILES string of the molecule is CCc1ccccc1OCC(=O)NCCC1=CCCCC1. The predicted octanol–water partition coefficient (Wildman–Crippen LogP) is 3.63. The molecule has 0 radical (unpaired) electrons. The highest BCUT2D eigenvalue weighted by molar-refractivity contribution is 5.77. The van der Waals surface area contributed by atoms with Crippen LogP contribution in [-0.4, -0.2) is 19.1 Å². The normalized spacial score (nSPS) is 14.4. The second kappa shape index (κ2) is 8.50. The number of ether oxygens (including phenoxy) is 1. The first-order valence-corrected chi connectivity index (χ1v) is 7.95. The molecule has 0 unspecified atom stereocenters. The Kier molecular flexibility index (Phi) is 6.32. The second-order valence-corrected chi connectivity index (χ2v) is 5.46. The summed E-state index contributed by atoms with van der Waals surface area (Å²) in [4.78, 5) is 11.8. The van der Waals surface area contributed by atoms with Crippen molar-refractivity contribution in [3.63, 3.8) is 0 Å². The minimum Gasteiger partial charge on any atom is -0.483 e. The molecule has 1 aromatic rings. The van der Waals surface area contributed by atoms with E-state index in [4.69, 9.17) is 4.74 Å². The van der Waals surface area contributed by atoms with E-state index in [1.165, 1.54) is 31.3 Å². The summed E-state index contributed by atoms with van der Waals surface area (Å²) in [5.74, 6) is 0.766. The van der Waals surface area contributed by atoms with Crippen molar-refractivity contribution >= 4 is 5.91 Å². The molecule has 0 saturated carbocycles. The summed E-state index contributed by atoms with van der Waals surface area (Å²) < 4.78 is 5.61. The van der Waals surface area contributed by atoms with E-state index >= 15 is 0 Å². The summed E-state index contributed by atoms with van der Waals surface area (Å²) >= 11 is 0. The van der Waals surface area contributed by atoms with Gasteiger partial charge in [0.05, 0.1) is 0 Å². The van der Waals surface area contributed by atoms with Gasteiger partial charge in [0.15, 0.2) is 6.61 Å². The number of allylic oxidation sites excluding steroid dienone is 1. The Morgan fingerprint density at radius 2 is 2.14 bits per heavy atom. The molecular weight excluding hydrogens is 262 g/mol. The van der Waals surface area contributed by atoms with Gasteiger partial charge in [-0.25, -0.2) is 0 Å². The van der Waals surface area contributed by atoms with Crippen LogP contribution >= 0.6 is 0 Å². The third kappa shape index (κ3) is 5.25. The smallest absolute Gasteiger partial charge is 0.257 e. The van der Waals surface area contributed by atoms with Crippen LogP contribution in [0.25, 0.3) is 0 Å². The lowest BCUT2D eigenvalue weighted by atomic mass is 9.97. The van der Waals surface area contributed by atoms with Crippen LogP contribution in [0.5, 0.6) is 5.75 Å². The molecule has 2 rings (SSSR count). The molecule has 0 fully saturated rings. The fourth-order valence-electron chi connectivity index (χ4n) is 2.63. The maximum atomic E-state index is 11.8. The van der Waals surface area contributed by atoms with Crippen LogP contribution in [0, 0.1) is 0 Å². The minimum atomic E-state index is -0.0442. The molecule has 0 spiro atoms. The number of hydrogen-bond donors (Lipinski definition) is 1. The van der Waals surface area contributed by atoms with E-state index in [0.717, 1.165) is 24.2 Å². The number of carbonyl (C=O) groups excluding carboxylic acids is 1. The third-order valence-electron chi connectivity index (χ3n) is 3.87. The molecule has 0 aliphatic heterocycles. The zero-order chi connectivity index (χ0) is 14.9. The van der Waals surface area contributed by atoms with E-state index in [-0.39, 0.29) is 12.5 Å². The number of hydrogen-bond acceptors (Lipinski definition) is 2. The highest BCUT2D eigenvalue weighted by Gasteiger charge is 2.07. The first-order valence-electron chi connectivity index (χ1n) is 7.95. The molecule has 1 aromatic carbocycles. The Labute approximate surface area is 127 Å². The zero-order valence-electron chi connectivity index (χ0n) is 12.9. The zero-order valence-corrected chi connectivity index (χ0v) is 12.9. The van der Waals surface area contributed by atoms with Gasteiger partial charge in [0.25, 0.3) is 5.91 Å². The number of para-hydroxylation sites is 1. The fourth-order valence-corrected chi connectivity index (χ4v) is 2.63. The molecule has 21 heavy (non-hydrogen) atoms. The van der Waals surface area contributed by atoms with Gasteiger partial charge in [-0.1, -0.05) is 36.8 Å². The van der Waals surface area contributed by atoms with Crippen LogP contribution < -0.4 is 10.1 Å². The maximum Gasteiger partial charge on any atom is 0.257 e. The Balaban J connectivity index is 1.68. The first-order chi connectivity index (χ1) is 10.3. The number of carbonyl (C=O) groups is 1. The molecular formula is C18H25NO2. The van der Waals surface area contributed by atoms with Gasteiger partial charge in [-0.05, 0) is 50.2 Å². The lowest BCUT2D eigenvalue weighted by Crippen LogP contribution is -2.30. The third-order valence-corrected chi connectivity index (χ3v) is 3.87. The van der Waals surface area contributed by atoms with Gasteiger partial charge in [-0.2, -0.15) is 0 Å². The standard InChI is InChI=1S/C18H25NO2/c1-2-16-10-6-7-11-17(16)21-14-18(20)19-13-12-15-8-4-3-5-9-15/h6-8,10-11H,2-5,9,12-14H2,1H3,(H,19,20). The van der Waals surface area contributed by atoms with Crippen molar-refractivity contribution in [2.45, 2.75) is 45.4 Å². The minimum absolute atomic E-state index is 0.0442. The van der Waals surface area contributed by atoms with Gasteiger partial charge < -0.3 is 10.1 Å². The van der Waals surface area contributed by atoms with Gasteiger partial charge >= 0.3 is 0 Å². The van der Waals surface area contributed by atoms with E-state index < -0.39 is 0 Å². The Morgan fingerprint density at radius 1 is 1.29 bits per heavy atom. The number of rotatable bonds is 7. The number of amides is 1. The van der Waals surface area contributed by atoms with Gasteiger partial charge in [0.2, 0.25) is 0 Å². The maximum absolute atomic E-state index is 11.8. The van der Waals surface area contributed by atoms with Crippen LogP contribution in [0.4, 0.5) is 0 Å². The molecule has 1 aliphatic carbocycles. The van der Waals surface area contributed by atoms with Crippen molar-refractivity contribution in [1.82, 2.24) is 5.32 Å². The van der Waals surface area contributed by atoms with Crippen molar-refractivity contribution in [3.8, 4) is 5.75 Å². The quantitative estimate of drug-likeness (QED) is 0.778. The average Bonchev–Trinajstić information content (AvgIpc) is 2.54.